The van der Waals surface area contributed by atoms with Crippen molar-refractivity contribution >= 4 is 32.9 Å². The first-order valence-corrected chi connectivity index (χ1v) is 11.5. The number of aromatic nitrogens is 1. The molecule has 1 aliphatic heterocycles. The number of carbonyl (C=O) groups is 1. The average molecular weight is 424 g/mol. The number of benzene rings is 2. The fourth-order valence-electron chi connectivity index (χ4n) is 3.99. The van der Waals surface area contributed by atoms with Crippen molar-refractivity contribution in [2.75, 3.05) is 20.1 Å². The van der Waals surface area contributed by atoms with Crippen LogP contribution in [0.1, 0.15) is 29.9 Å². The van der Waals surface area contributed by atoms with Gasteiger partial charge in [-0.25, -0.2) is 13.1 Å². The van der Waals surface area contributed by atoms with Gasteiger partial charge in [-0.3, -0.25) is 4.79 Å². The van der Waals surface area contributed by atoms with Gasteiger partial charge in [-0.15, -0.1) is 0 Å². The van der Waals surface area contributed by atoms with E-state index in [1.807, 2.05) is 11.0 Å². The zero-order valence-electron chi connectivity index (χ0n) is 16.8. The van der Waals surface area contributed by atoms with Crippen LogP contribution in [0.25, 0.3) is 17.0 Å². The van der Waals surface area contributed by atoms with Gasteiger partial charge in [0.15, 0.2) is 0 Å². The molecule has 2 N–H and O–H groups in total. The van der Waals surface area contributed by atoms with Crippen LogP contribution >= 0.6 is 0 Å². The van der Waals surface area contributed by atoms with E-state index in [4.69, 9.17) is 0 Å². The Morgan fingerprint density at radius 2 is 1.80 bits per heavy atom. The smallest absolute Gasteiger partial charge is 0.246 e. The number of amides is 1. The predicted molar refractivity (Wildman–Crippen MR) is 119 cm³/mol. The lowest BCUT2D eigenvalue weighted by Crippen LogP contribution is -2.36. The molecule has 0 atom stereocenters. The van der Waals surface area contributed by atoms with E-state index in [0.717, 1.165) is 37.0 Å². The number of sulfonamides is 1. The van der Waals surface area contributed by atoms with E-state index >= 15 is 0 Å². The van der Waals surface area contributed by atoms with Crippen LogP contribution < -0.4 is 4.72 Å². The van der Waals surface area contributed by atoms with Crippen LogP contribution in [0.4, 0.5) is 0 Å². The van der Waals surface area contributed by atoms with E-state index in [2.05, 4.69) is 34.1 Å². The third-order valence-corrected chi connectivity index (χ3v) is 7.18. The van der Waals surface area contributed by atoms with Gasteiger partial charge in [0.2, 0.25) is 15.9 Å². The predicted octanol–water partition coefficient (Wildman–Crippen LogP) is 3.50. The summed E-state index contributed by atoms with van der Waals surface area (Å²) in [6.45, 7) is 1.46. The van der Waals surface area contributed by atoms with E-state index < -0.39 is 10.0 Å². The molecule has 1 amide bonds. The Kier molecular flexibility index (Phi) is 5.74. The van der Waals surface area contributed by atoms with Crippen LogP contribution in [0.5, 0.6) is 0 Å². The second-order valence-electron chi connectivity index (χ2n) is 7.50. The normalized spacial score (nSPS) is 15.8. The summed E-state index contributed by atoms with van der Waals surface area (Å²) in [6.07, 6.45) is 7.28. The second kappa shape index (κ2) is 8.45. The van der Waals surface area contributed by atoms with Crippen molar-refractivity contribution < 1.29 is 13.2 Å². The lowest BCUT2D eigenvalue weighted by molar-refractivity contribution is -0.126. The number of nitrogens with one attached hydrogen (secondary N) is 2. The molecule has 1 fully saturated rings. The molecule has 156 valence electrons. The Morgan fingerprint density at radius 3 is 2.50 bits per heavy atom. The number of carbonyl (C=O) groups excluding carboxylic acids is 1. The van der Waals surface area contributed by atoms with Crippen molar-refractivity contribution in [3.63, 3.8) is 0 Å². The van der Waals surface area contributed by atoms with Gasteiger partial charge in [0, 0.05) is 36.3 Å². The zero-order chi connectivity index (χ0) is 21.1. The molecule has 0 radical (unpaired) electrons. The molecule has 6 nitrogen and oxygen atoms in total. The molecule has 30 heavy (non-hydrogen) atoms. The van der Waals surface area contributed by atoms with E-state index in [1.165, 1.54) is 30.1 Å². The highest BCUT2D eigenvalue weighted by Crippen LogP contribution is 2.33. The molecule has 1 aromatic heterocycles. The average Bonchev–Trinajstić information content (AvgIpc) is 3.22. The Bertz CT molecular complexity index is 1170. The highest BCUT2D eigenvalue weighted by molar-refractivity contribution is 7.89. The maximum Gasteiger partial charge on any atom is 0.246 e. The number of H-pyrrole nitrogens is 1. The summed E-state index contributed by atoms with van der Waals surface area (Å²) < 4.78 is 25.8. The molecular formula is C23H25N3O3S. The number of hydrogen-bond acceptors (Lipinski definition) is 3. The van der Waals surface area contributed by atoms with E-state index in [1.54, 1.807) is 24.3 Å². The SMILES string of the molecule is CNS(=O)(=O)c1ccc(/C=C/C(=O)N2CCC(c3c[nH]c4ccccc34)CC2)cc1. The van der Waals surface area contributed by atoms with Crippen LogP contribution in [0, 0.1) is 0 Å². The summed E-state index contributed by atoms with van der Waals surface area (Å²) in [5.74, 6) is 0.440. The Morgan fingerprint density at radius 1 is 1.10 bits per heavy atom. The first-order valence-electron chi connectivity index (χ1n) is 10.0. The molecule has 0 saturated carbocycles. The van der Waals surface area contributed by atoms with E-state index in [-0.39, 0.29) is 10.8 Å². The number of fused-ring (bicyclic) bond motifs is 1. The molecule has 3 aromatic rings. The van der Waals surface area contributed by atoms with Crippen LogP contribution in [0.3, 0.4) is 0 Å². The zero-order valence-corrected chi connectivity index (χ0v) is 17.7. The fraction of sp³-hybridized carbons (Fsp3) is 0.261. The monoisotopic (exact) mass is 423 g/mol. The third kappa shape index (κ3) is 4.17. The molecule has 0 spiro atoms. The lowest BCUT2D eigenvalue weighted by atomic mass is 9.89. The van der Waals surface area contributed by atoms with Crippen molar-refractivity contribution in [2.24, 2.45) is 0 Å². The van der Waals surface area contributed by atoms with Crippen molar-refractivity contribution in [1.82, 2.24) is 14.6 Å². The largest absolute Gasteiger partial charge is 0.361 e. The van der Waals surface area contributed by atoms with Gasteiger partial charge in [-0.1, -0.05) is 30.3 Å². The highest BCUT2D eigenvalue weighted by Gasteiger charge is 2.24. The minimum atomic E-state index is -3.45. The molecule has 4 rings (SSSR count). The summed E-state index contributed by atoms with van der Waals surface area (Å²) in [4.78, 5) is 18.0. The van der Waals surface area contributed by atoms with Crippen LogP contribution in [-0.4, -0.2) is 44.3 Å². The summed E-state index contributed by atoms with van der Waals surface area (Å²) in [7, 11) is -2.07. The molecule has 2 aromatic carbocycles. The van der Waals surface area contributed by atoms with Gasteiger partial charge >= 0.3 is 0 Å². The molecule has 2 heterocycles. The lowest BCUT2D eigenvalue weighted by Gasteiger charge is -2.31. The van der Waals surface area contributed by atoms with Crippen LogP contribution in [0.2, 0.25) is 0 Å². The number of aromatic amines is 1. The standard InChI is InChI=1S/C23H25N3O3S/c1-24-30(28,29)19-9-6-17(7-10-19)8-11-23(27)26-14-12-18(13-15-26)21-16-25-22-5-3-2-4-20(21)22/h2-11,16,18,24-25H,12-15H2,1H3/b11-8+. The molecule has 0 unspecified atom stereocenters. The third-order valence-electron chi connectivity index (χ3n) is 5.75. The van der Waals surface area contributed by atoms with Crippen molar-refractivity contribution in [1.29, 1.82) is 0 Å². The molecule has 0 aliphatic carbocycles. The maximum atomic E-state index is 12.6. The molecule has 1 aliphatic rings. The van der Waals surface area contributed by atoms with E-state index in [0.29, 0.717) is 5.92 Å². The number of rotatable bonds is 5. The van der Waals surface area contributed by atoms with Crippen LogP contribution in [0.15, 0.2) is 65.7 Å². The summed E-state index contributed by atoms with van der Waals surface area (Å²) in [6, 6.07) is 14.8. The minimum Gasteiger partial charge on any atom is -0.361 e. The summed E-state index contributed by atoms with van der Waals surface area (Å²) in [5, 5.41) is 1.27. The Labute approximate surface area is 176 Å². The molecular weight excluding hydrogens is 398 g/mol. The summed E-state index contributed by atoms with van der Waals surface area (Å²) >= 11 is 0. The number of nitrogens with zero attached hydrogens (tertiary/aromatic N) is 1. The topological polar surface area (TPSA) is 82.3 Å². The molecule has 1 saturated heterocycles. The summed E-state index contributed by atoms with van der Waals surface area (Å²) in [5.41, 5.74) is 3.28. The van der Waals surface area contributed by atoms with Gasteiger partial charge in [0.25, 0.3) is 0 Å². The van der Waals surface area contributed by atoms with Gasteiger partial charge in [0.1, 0.15) is 0 Å². The number of likely N-dealkylation sites (tertiary alicyclic amines) is 1. The number of hydrogen-bond donors (Lipinski definition) is 2. The highest BCUT2D eigenvalue weighted by atomic mass is 32.2. The van der Waals surface area contributed by atoms with E-state index in [9.17, 15) is 13.2 Å². The van der Waals surface area contributed by atoms with Crippen molar-refractivity contribution in [3.8, 4) is 0 Å². The van der Waals surface area contributed by atoms with Crippen LogP contribution in [-0.2, 0) is 14.8 Å². The Balaban J connectivity index is 1.36. The molecule has 7 heteroatoms. The Hall–Kier alpha value is -2.90. The minimum absolute atomic E-state index is 0.0145. The fourth-order valence-corrected chi connectivity index (χ4v) is 4.72. The van der Waals surface area contributed by atoms with Crippen molar-refractivity contribution in [3.05, 3.63) is 71.9 Å². The number of para-hydroxylation sites is 1. The first kappa shape index (κ1) is 20.4. The second-order valence-corrected chi connectivity index (χ2v) is 9.39. The van der Waals surface area contributed by atoms with Gasteiger partial charge in [0.05, 0.1) is 4.90 Å². The van der Waals surface area contributed by atoms with Crippen molar-refractivity contribution in [2.45, 2.75) is 23.7 Å². The first-order chi connectivity index (χ1) is 14.5. The van der Waals surface area contributed by atoms with Gasteiger partial charge < -0.3 is 9.88 Å². The number of piperidine rings is 1. The quantitative estimate of drug-likeness (QED) is 0.616. The molecule has 0 bridgehead atoms. The van der Waals surface area contributed by atoms with Gasteiger partial charge in [-0.05, 0) is 61.2 Å². The maximum absolute atomic E-state index is 12.6. The van der Waals surface area contributed by atoms with Gasteiger partial charge in [-0.2, -0.15) is 0 Å².